The van der Waals surface area contributed by atoms with Gasteiger partial charge < -0.3 is 9.80 Å². The van der Waals surface area contributed by atoms with Crippen LogP contribution in [0, 0.1) is 6.92 Å². The minimum atomic E-state index is 0.181. The highest BCUT2D eigenvalue weighted by atomic mass is 16.2. The lowest BCUT2D eigenvalue weighted by Gasteiger charge is -2.41. The summed E-state index contributed by atoms with van der Waals surface area (Å²) in [6, 6.07) is 8.94. The van der Waals surface area contributed by atoms with Gasteiger partial charge >= 0.3 is 0 Å². The van der Waals surface area contributed by atoms with Crippen molar-refractivity contribution >= 4 is 11.6 Å². The van der Waals surface area contributed by atoms with Crippen LogP contribution in [0.5, 0.6) is 0 Å². The maximum absolute atomic E-state index is 11.3. The van der Waals surface area contributed by atoms with Crippen molar-refractivity contribution in [1.29, 1.82) is 0 Å². The van der Waals surface area contributed by atoms with Crippen LogP contribution in [0.1, 0.15) is 19.4 Å². The summed E-state index contributed by atoms with van der Waals surface area (Å²) < 4.78 is 0. The normalized spacial score (nSPS) is 20.5. The second kappa shape index (κ2) is 4.78. The summed E-state index contributed by atoms with van der Waals surface area (Å²) in [5, 5.41) is 0. The zero-order valence-corrected chi connectivity index (χ0v) is 10.8. The van der Waals surface area contributed by atoms with Gasteiger partial charge in [-0.3, -0.25) is 4.79 Å². The molecule has 1 amide bonds. The lowest BCUT2D eigenvalue weighted by atomic mass is 10.1. The van der Waals surface area contributed by atoms with Gasteiger partial charge in [0.05, 0.1) is 0 Å². The number of hydrogen-bond donors (Lipinski definition) is 0. The van der Waals surface area contributed by atoms with E-state index in [2.05, 4.69) is 43.0 Å². The number of carbonyl (C=O) groups is 1. The van der Waals surface area contributed by atoms with Gasteiger partial charge in [0, 0.05) is 38.3 Å². The highest BCUT2D eigenvalue weighted by Gasteiger charge is 2.24. The first-order valence-electron chi connectivity index (χ1n) is 6.17. The minimum Gasteiger partial charge on any atom is -0.365 e. The van der Waals surface area contributed by atoms with Crippen LogP contribution in [0.3, 0.4) is 0 Å². The van der Waals surface area contributed by atoms with Crippen molar-refractivity contribution in [2.75, 3.05) is 24.5 Å². The predicted octanol–water partition coefficient (Wildman–Crippen LogP) is 2.05. The van der Waals surface area contributed by atoms with Gasteiger partial charge in [0.25, 0.3) is 0 Å². The molecule has 1 atom stereocenters. The molecule has 1 heterocycles. The molecule has 0 aromatic heterocycles. The third kappa shape index (κ3) is 2.60. The number of carbonyl (C=O) groups excluding carboxylic acids is 1. The number of benzene rings is 1. The van der Waals surface area contributed by atoms with E-state index in [-0.39, 0.29) is 5.91 Å². The average molecular weight is 232 g/mol. The van der Waals surface area contributed by atoms with Gasteiger partial charge in [-0.25, -0.2) is 0 Å². The smallest absolute Gasteiger partial charge is 0.219 e. The Balaban J connectivity index is 2.12. The van der Waals surface area contributed by atoms with E-state index in [1.165, 1.54) is 11.3 Å². The van der Waals surface area contributed by atoms with Crippen molar-refractivity contribution < 1.29 is 4.79 Å². The maximum atomic E-state index is 11.3. The summed E-state index contributed by atoms with van der Waals surface area (Å²) in [6.07, 6.45) is 0. The van der Waals surface area contributed by atoms with Crippen molar-refractivity contribution in [3.63, 3.8) is 0 Å². The molecule has 17 heavy (non-hydrogen) atoms. The lowest BCUT2D eigenvalue weighted by Crippen LogP contribution is -2.53. The van der Waals surface area contributed by atoms with Gasteiger partial charge in [-0.05, 0) is 31.5 Å². The van der Waals surface area contributed by atoms with Gasteiger partial charge in [-0.1, -0.05) is 12.1 Å². The molecular weight excluding hydrogens is 212 g/mol. The van der Waals surface area contributed by atoms with Crippen LogP contribution in [0.15, 0.2) is 24.3 Å². The molecule has 1 aromatic carbocycles. The molecule has 1 fully saturated rings. The number of piperazine rings is 1. The number of aryl methyl sites for hydroxylation is 1. The van der Waals surface area contributed by atoms with Gasteiger partial charge in [-0.15, -0.1) is 0 Å². The maximum Gasteiger partial charge on any atom is 0.219 e. The summed E-state index contributed by atoms with van der Waals surface area (Å²) in [4.78, 5) is 15.7. The largest absolute Gasteiger partial charge is 0.365 e. The fraction of sp³-hybridized carbons (Fsp3) is 0.500. The Morgan fingerprint density at radius 3 is 2.71 bits per heavy atom. The molecule has 1 aromatic rings. The SMILES string of the molecule is CC(=O)N1CCN(c2cccc(C)c2)C(C)C1. The van der Waals surface area contributed by atoms with E-state index in [0.29, 0.717) is 6.04 Å². The summed E-state index contributed by atoms with van der Waals surface area (Å²) >= 11 is 0. The van der Waals surface area contributed by atoms with Crippen LogP contribution in [-0.4, -0.2) is 36.5 Å². The molecule has 0 radical (unpaired) electrons. The molecule has 3 heteroatoms. The van der Waals surface area contributed by atoms with E-state index in [4.69, 9.17) is 0 Å². The van der Waals surface area contributed by atoms with Gasteiger partial charge in [-0.2, -0.15) is 0 Å². The minimum absolute atomic E-state index is 0.181. The van der Waals surface area contributed by atoms with Crippen molar-refractivity contribution in [1.82, 2.24) is 4.90 Å². The van der Waals surface area contributed by atoms with Crippen LogP contribution in [0.2, 0.25) is 0 Å². The Kier molecular flexibility index (Phi) is 3.36. The third-order valence-corrected chi connectivity index (χ3v) is 3.41. The van der Waals surface area contributed by atoms with E-state index in [9.17, 15) is 4.79 Å². The molecule has 3 nitrogen and oxygen atoms in total. The molecule has 1 aliphatic rings. The van der Waals surface area contributed by atoms with Crippen molar-refractivity contribution in [2.45, 2.75) is 26.8 Å². The fourth-order valence-electron chi connectivity index (χ4n) is 2.43. The number of anilines is 1. The zero-order chi connectivity index (χ0) is 12.4. The van der Waals surface area contributed by atoms with E-state index in [1.54, 1.807) is 6.92 Å². The first-order valence-corrected chi connectivity index (χ1v) is 6.17. The molecule has 0 saturated carbocycles. The first kappa shape index (κ1) is 12.0. The van der Waals surface area contributed by atoms with E-state index >= 15 is 0 Å². The number of rotatable bonds is 1. The fourth-order valence-corrected chi connectivity index (χ4v) is 2.43. The van der Waals surface area contributed by atoms with Crippen LogP contribution in [0.4, 0.5) is 5.69 Å². The Bertz CT molecular complexity index is 416. The van der Waals surface area contributed by atoms with Crippen molar-refractivity contribution in [2.24, 2.45) is 0 Å². The number of amides is 1. The molecule has 2 rings (SSSR count). The van der Waals surface area contributed by atoms with Gasteiger partial charge in [0.2, 0.25) is 5.91 Å². The Hall–Kier alpha value is -1.51. The second-order valence-electron chi connectivity index (χ2n) is 4.85. The van der Waals surface area contributed by atoms with E-state index < -0.39 is 0 Å². The Labute approximate surface area is 103 Å². The summed E-state index contributed by atoms with van der Waals surface area (Å²) in [6.45, 7) is 8.51. The molecule has 92 valence electrons. The van der Waals surface area contributed by atoms with E-state index in [1.807, 2.05) is 4.90 Å². The highest BCUT2D eigenvalue weighted by molar-refractivity contribution is 5.73. The Morgan fingerprint density at radius 1 is 1.35 bits per heavy atom. The molecule has 1 saturated heterocycles. The predicted molar refractivity (Wildman–Crippen MR) is 70.2 cm³/mol. The molecule has 0 spiro atoms. The average Bonchev–Trinajstić information content (AvgIpc) is 2.28. The van der Waals surface area contributed by atoms with Crippen molar-refractivity contribution in [3.8, 4) is 0 Å². The standard InChI is InChI=1S/C14H20N2O/c1-11-5-4-6-14(9-11)16-8-7-15(13(3)17)10-12(16)2/h4-6,9,12H,7-8,10H2,1-3H3. The molecule has 0 bridgehead atoms. The third-order valence-electron chi connectivity index (χ3n) is 3.41. The molecule has 0 N–H and O–H groups in total. The van der Waals surface area contributed by atoms with Gasteiger partial charge in [0.15, 0.2) is 0 Å². The van der Waals surface area contributed by atoms with Crippen LogP contribution in [0.25, 0.3) is 0 Å². The number of hydrogen-bond acceptors (Lipinski definition) is 2. The van der Waals surface area contributed by atoms with Crippen LogP contribution < -0.4 is 4.90 Å². The highest BCUT2D eigenvalue weighted by Crippen LogP contribution is 2.21. The topological polar surface area (TPSA) is 23.6 Å². The lowest BCUT2D eigenvalue weighted by molar-refractivity contribution is -0.129. The summed E-state index contributed by atoms with van der Waals surface area (Å²) in [5.74, 6) is 0.181. The van der Waals surface area contributed by atoms with Crippen molar-refractivity contribution in [3.05, 3.63) is 29.8 Å². The molecule has 1 aliphatic heterocycles. The van der Waals surface area contributed by atoms with Crippen LogP contribution in [-0.2, 0) is 4.79 Å². The van der Waals surface area contributed by atoms with Gasteiger partial charge in [0.1, 0.15) is 0 Å². The first-order chi connectivity index (χ1) is 8.08. The second-order valence-corrected chi connectivity index (χ2v) is 4.85. The summed E-state index contributed by atoms with van der Waals surface area (Å²) in [7, 11) is 0. The Morgan fingerprint density at radius 2 is 2.12 bits per heavy atom. The number of nitrogens with zero attached hydrogens (tertiary/aromatic N) is 2. The van der Waals surface area contributed by atoms with Crippen LogP contribution >= 0.6 is 0 Å². The molecule has 1 unspecified atom stereocenters. The quantitative estimate of drug-likeness (QED) is 0.740. The molecule has 0 aliphatic carbocycles. The monoisotopic (exact) mass is 232 g/mol. The zero-order valence-electron chi connectivity index (χ0n) is 10.8. The summed E-state index contributed by atoms with van der Waals surface area (Å²) in [5.41, 5.74) is 2.55. The molecular formula is C14H20N2O. The van der Waals surface area contributed by atoms with E-state index in [0.717, 1.165) is 19.6 Å².